The molecule has 0 radical (unpaired) electrons. The molecule has 3 aliphatic rings. The van der Waals surface area contributed by atoms with Crippen LogP contribution in [0.5, 0.6) is 0 Å². The highest BCUT2D eigenvalue weighted by atomic mass is 15.4. The van der Waals surface area contributed by atoms with E-state index < -0.39 is 0 Å². The standard InChI is InChI=1S/C52H42N6.C2H6/c1-2-16-40(17-3-1)57-45-20-10-8-18-41(45)43-27-28-44-42-19-9-11-21-46(42)58(49(44)48(43)57)47-29-26-39(32-53-47)52-55-50(37-24-22-33-12-4-6-14-35(33)30-37)54-51(56-52)38-25-23-34-13-5-7-15-36(34)31-38;1-2/h1-22,24,26-31,50-56H,23,25,32H2;1-2H3. The summed E-state index contributed by atoms with van der Waals surface area (Å²) in [5.41, 5.74) is 12.6. The molecule has 9 aromatic rings. The van der Waals surface area contributed by atoms with E-state index in [9.17, 15) is 0 Å². The molecule has 6 nitrogen and oxygen atoms in total. The zero-order valence-corrected chi connectivity index (χ0v) is 34.0. The van der Waals surface area contributed by atoms with Crippen LogP contribution < -0.4 is 21.3 Å². The molecule has 0 bridgehead atoms. The van der Waals surface area contributed by atoms with E-state index in [-0.39, 0.29) is 18.5 Å². The van der Waals surface area contributed by atoms with E-state index in [2.05, 4.69) is 206 Å². The lowest BCUT2D eigenvalue weighted by Crippen LogP contribution is -2.65. The summed E-state index contributed by atoms with van der Waals surface area (Å²) >= 11 is 0. The number of aryl methyl sites for hydroxylation is 1. The Labute approximate surface area is 350 Å². The van der Waals surface area contributed by atoms with Gasteiger partial charge in [-0.3, -0.25) is 20.5 Å². The zero-order valence-electron chi connectivity index (χ0n) is 34.0. The fourth-order valence-corrected chi connectivity index (χ4v) is 9.78. The van der Waals surface area contributed by atoms with Crippen molar-refractivity contribution >= 4 is 66.3 Å². The summed E-state index contributed by atoms with van der Waals surface area (Å²) in [5.74, 6) is 1.07. The highest BCUT2D eigenvalue weighted by Gasteiger charge is 2.33. The number of para-hydroxylation sites is 3. The number of fused-ring (bicyclic) bond motifs is 9. The quantitative estimate of drug-likeness (QED) is 0.140. The first kappa shape index (κ1) is 36.4. The molecule has 4 heterocycles. The first-order valence-electron chi connectivity index (χ1n) is 21.5. The summed E-state index contributed by atoms with van der Waals surface area (Å²) in [4.78, 5) is 0. The average Bonchev–Trinajstić information content (AvgIpc) is 3.85. The van der Waals surface area contributed by atoms with Gasteiger partial charge in [0.15, 0.2) is 0 Å². The Bertz CT molecular complexity index is 3180. The van der Waals surface area contributed by atoms with Crippen LogP contribution in [0.2, 0.25) is 0 Å². The van der Waals surface area contributed by atoms with E-state index >= 15 is 0 Å². The predicted molar refractivity (Wildman–Crippen MR) is 252 cm³/mol. The minimum Gasteiger partial charge on any atom is -0.367 e. The van der Waals surface area contributed by atoms with Gasteiger partial charge in [0.25, 0.3) is 0 Å². The Morgan fingerprint density at radius 2 is 1.10 bits per heavy atom. The van der Waals surface area contributed by atoms with Gasteiger partial charge in [-0.2, -0.15) is 0 Å². The number of hydrogen-bond acceptors (Lipinski definition) is 4. The number of nitrogens with zero attached hydrogens (tertiary/aromatic N) is 2. The summed E-state index contributed by atoms with van der Waals surface area (Å²) in [6, 6.07) is 57.3. The Kier molecular flexibility index (Phi) is 9.19. The van der Waals surface area contributed by atoms with Gasteiger partial charge in [0.1, 0.15) is 5.82 Å². The minimum atomic E-state index is -0.0587. The lowest BCUT2D eigenvalue weighted by Gasteiger charge is -2.42. The van der Waals surface area contributed by atoms with Gasteiger partial charge in [-0.25, -0.2) is 0 Å². The molecule has 60 heavy (non-hydrogen) atoms. The van der Waals surface area contributed by atoms with Crippen molar-refractivity contribution in [3.8, 4) is 5.69 Å². The molecule has 3 atom stereocenters. The molecule has 2 aromatic heterocycles. The molecule has 6 heteroatoms. The van der Waals surface area contributed by atoms with Gasteiger partial charge in [0.2, 0.25) is 0 Å². The Balaban J connectivity index is 0.00000201. The highest BCUT2D eigenvalue weighted by molar-refractivity contribution is 6.24. The van der Waals surface area contributed by atoms with Gasteiger partial charge in [-0.05, 0) is 87.9 Å². The third-order valence-electron chi connectivity index (χ3n) is 12.6. The molecule has 3 unspecified atom stereocenters. The average molecular weight is 781 g/mol. The third kappa shape index (κ3) is 6.06. The lowest BCUT2D eigenvalue weighted by atomic mass is 9.90. The second-order valence-corrected chi connectivity index (χ2v) is 15.9. The van der Waals surface area contributed by atoms with E-state index in [0.29, 0.717) is 6.54 Å². The molecule has 0 amide bonds. The molecule has 1 aliphatic carbocycles. The number of dihydropyridines is 1. The van der Waals surface area contributed by atoms with Crippen LogP contribution in [-0.4, -0.2) is 28.0 Å². The summed E-state index contributed by atoms with van der Waals surface area (Å²) < 4.78 is 4.90. The minimum absolute atomic E-state index is 0.00729. The van der Waals surface area contributed by atoms with Crippen LogP contribution in [0.3, 0.4) is 0 Å². The van der Waals surface area contributed by atoms with Crippen LogP contribution in [0.1, 0.15) is 43.1 Å². The maximum Gasteiger partial charge on any atom is 0.111 e. The molecule has 294 valence electrons. The Morgan fingerprint density at radius 1 is 0.483 bits per heavy atom. The smallest absolute Gasteiger partial charge is 0.111 e. The molecular formula is C54H48N6. The Hall–Kier alpha value is -6.70. The van der Waals surface area contributed by atoms with E-state index in [1.165, 1.54) is 82.2 Å². The normalized spacial score (nSPS) is 19.0. The second-order valence-electron chi connectivity index (χ2n) is 15.9. The lowest BCUT2D eigenvalue weighted by molar-refractivity contribution is 0.237. The summed E-state index contributed by atoms with van der Waals surface area (Å²) in [7, 11) is 0. The largest absolute Gasteiger partial charge is 0.367 e. The maximum atomic E-state index is 4.00. The molecule has 7 aromatic carbocycles. The van der Waals surface area contributed by atoms with Crippen LogP contribution in [0.25, 0.3) is 72.0 Å². The van der Waals surface area contributed by atoms with E-state index in [1.807, 2.05) is 13.8 Å². The third-order valence-corrected chi connectivity index (χ3v) is 12.6. The zero-order chi connectivity index (χ0) is 40.2. The number of nitrogens with one attached hydrogen (secondary N) is 4. The first-order chi connectivity index (χ1) is 29.7. The number of benzene rings is 7. The molecule has 1 saturated heterocycles. The fraction of sp³-hybridized carbons (Fsp3) is 0.148. The van der Waals surface area contributed by atoms with E-state index in [0.717, 1.165) is 24.4 Å². The number of rotatable bonds is 5. The van der Waals surface area contributed by atoms with Crippen molar-refractivity contribution in [1.29, 1.82) is 0 Å². The number of hydrogen-bond donors (Lipinski definition) is 4. The highest BCUT2D eigenvalue weighted by Crippen LogP contribution is 2.41. The first-order valence-corrected chi connectivity index (χ1v) is 21.5. The van der Waals surface area contributed by atoms with Crippen molar-refractivity contribution in [3.63, 3.8) is 0 Å². The molecule has 1 fully saturated rings. The molecular weight excluding hydrogens is 733 g/mol. The molecule has 0 saturated carbocycles. The SMILES string of the molecule is C1=C(C2NC(C3=CC=C(n4c5ccccc5c5ccc6c7ccccc7n(-c7ccccc7)c6c54)NC3)NC(c3ccc4ccccc4c3)N2)CCc2ccccc21.CC. The van der Waals surface area contributed by atoms with Crippen molar-refractivity contribution in [1.82, 2.24) is 30.4 Å². The van der Waals surface area contributed by atoms with Gasteiger partial charge < -0.3 is 9.88 Å². The van der Waals surface area contributed by atoms with Crippen LogP contribution >= 0.6 is 0 Å². The van der Waals surface area contributed by atoms with Crippen LogP contribution in [-0.2, 0) is 6.42 Å². The maximum absolute atomic E-state index is 4.00. The van der Waals surface area contributed by atoms with Crippen molar-refractivity contribution in [3.05, 3.63) is 198 Å². The van der Waals surface area contributed by atoms with E-state index in [4.69, 9.17) is 0 Å². The predicted octanol–water partition coefficient (Wildman–Crippen LogP) is 11.6. The molecule has 2 aliphatic heterocycles. The summed E-state index contributed by atoms with van der Waals surface area (Å²) in [5, 5.41) is 23.3. The molecule has 4 N–H and O–H groups in total. The number of allylic oxidation sites excluding steroid dienone is 2. The van der Waals surface area contributed by atoms with Crippen molar-refractivity contribution < 1.29 is 0 Å². The van der Waals surface area contributed by atoms with Gasteiger partial charge in [0, 0.05) is 33.8 Å². The molecule has 0 spiro atoms. The number of aromatic nitrogens is 2. The van der Waals surface area contributed by atoms with E-state index in [1.54, 1.807) is 0 Å². The van der Waals surface area contributed by atoms with Crippen LogP contribution in [0.4, 0.5) is 0 Å². The second kappa shape index (κ2) is 15.2. The summed E-state index contributed by atoms with van der Waals surface area (Å²) in [6.45, 7) is 4.70. The van der Waals surface area contributed by atoms with Crippen LogP contribution in [0.15, 0.2) is 181 Å². The Morgan fingerprint density at radius 3 is 1.85 bits per heavy atom. The van der Waals surface area contributed by atoms with Crippen molar-refractivity contribution in [2.75, 3.05) is 6.54 Å². The topological polar surface area (TPSA) is 58.0 Å². The molecule has 12 rings (SSSR count). The summed E-state index contributed by atoms with van der Waals surface area (Å²) in [6.07, 6.45) is 8.97. The van der Waals surface area contributed by atoms with Crippen molar-refractivity contribution in [2.24, 2.45) is 0 Å². The van der Waals surface area contributed by atoms with Gasteiger partial charge >= 0.3 is 0 Å². The van der Waals surface area contributed by atoms with Gasteiger partial charge in [-0.15, -0.1) is 0 Å². The fourth-order valence-electron chi connectivity index (χ4n) is 9.78. The van der Waals surface area contributed by atoms with Gasteiger partial charge in [-0.1, -0.05) is 153 Å². The monoisotopic (exact) mass is 780 g/mol. The van der Waals surface area contributed by atoms with Gasteiger partial charge in [0.05, 0.1) is 40.6 Å². The van der Waals surface area contributed by atoms with Crippen molar-refractivity contribution in [2.45, 2.75) is 45.2 Å². The van der Waals surface area contributed by atoms with Crippen LogP contribution in [0, 0.1) is 0 Å².